The molecule has 0 spiro atoms. The lowest BCUT2D eigenvalue weighted by atomic mass is 9.77. The summed E-state index contributed by atoms with van der Waals surface area (Å²) in [5, 5.41) is 6.24. The summed E-state index contributed by atoms with van der Waals surface area (Å²) in [5.74, 6) is 0.0783. The van der Waals surface area contributed by atoms with Crippen molar-refractivity contribution in [3.8, 4) is 0 Å². The van der Waals surface area contributed by atoms with Crippen molar-refractivity contribution >= 4 is 11.6 Å². The van der Waals surface area contributed by atoms with Crippen LogP contribution in [0.1, 0.15) is 35.6 Å². The van der Waals surface area contributed by atoms with E-state index in [9.17, 15) is 4.79 Å². The number of rotatable bonds is 4. The fourth-order valence-electron chi connectivity index (χ4n) is 2.77. The topological polar surface area (TPSA) is 41.1 Å². The van der Waals surface area contributed by atoms with E-state index in [1.807, 2.05) is 43.4 Å². The molecule has 2 aromatic carbocycles. The molecular formula is C18H20N2O. The predicted octanol–water partition coefficient (Wildman–Crippen LogP) is 3.25. The molecule has 3 rings (SSSR count). The van der Waals surface area contributed by atoms with Crippen molar-refractivity contribution < 1.29 is 4.79 Å². The molecule has 3 nitrogen and oxygen atoms in total. The van der Waals surface area contributed by atoms with Crippen molar-refractivity contribution in [2.45, 2.75) is 25.3 Å². The van der Waals surface area contributed by atoms with Gasteiger partial charge in [-0.15, -0.1) is 0 Å². The zero-order valence-corrected chi connectivity index (χ0v) is 12.4. The van der Waals surface area contributed by atoms with Gasteiger partial charge in [0.15, 0.2) is 0 Å². The van der Waals surface area contributed by atoms with E-state index < -0.39 is 0 Å². The number of fused-ring (bicyclic) bond motifs is 1. The number of carbonyl (C=O) groups is 1. The maximum atomic E-state index is 12.4. The molecule has 3 heteroatoms. The number of nitrogens with one attached hydrogen (secondary N) is 2. The van der Waals surface area contributed by atoms with Crippen LogP contribution in [0.15, 0.2) is 48.5 Å². The largest absolute Gasteiger partial charge is 0.326 e. The van der Waals surface area contributed by atoms with Gasteiger partial charge in [0.05, 0.1) is 5.92 Å². The molecule has 0 radical (unpaired) electrons. The Morgan fingerprint density at radius 1 is 1.19 bits per heavy atom. The first-order valence-corrected chi connectivity index (χ1v) is 7.35. The molecule has 2 aromatic rings. The van der Waals surface area contributed by atoms with E-state index in [0.29, 0.717) is 0 Å². The highest BCUT2D eigenvalue weighted by molar-refractivity contribution is 5.97. The van der Waals surface area contributed by atoms with Gasteiger partial charge in [-0.2, -0.15) is 0 Å². The minimum atomic E-state index is -0.00780. The van der Waals surface area contributed by atoms with E-state index in [1.54, 1.807) is 0 Å². The standard InChI is InChI=1S/C18H20N2O/c1-12(19-2)13-7-5-8-15(10-13)20-18(21)17-11-14-6-3-4-9-16(14)17/h3-10,12,17,19H,11H2,1-2H3,(H,20,21). The molecule has 0 bridgehead atoms. The average Bonchev–Trinajstić information content (AvgIpc) is 2.48. The van der Waals surface area contributed by atoms with E-state index in [2.05, 4.69) is 29.7 Å². The molecule has 2 N–H and O–H groups in total. The molecule has 1 aliphatic carbocycles. The molecule has 0 aromatic heterocycles. The van der Waals surface area contributed by atoms with Crippen molar-refractivity contribution in [2.75, 3.05) is 12.4 Å². The first-order chi connectivity index (χ1) is 10.2. The lowest BCUT2D eigenvalue weighted by Gasteiger charge is -2.29. The van der Waals surface area contributed by atoms with Crippen LogP contribution in [0.4, 0.5) is 5.69 Å². The Kier molecular flexibility index (Phi) is 3.76. The van der Waals surface area contributed by atoms with Gasteiger partial charge in [-0.05, 0) is 49.2 Å². The third-order valence-corrected chi connectivity index (χ3v) is 4.26. The van der Waals surface area contributed by atoms with Crippen molar-refractivity contribution in [1.29, 1.82) is 0 Å². The summed E-state index contributed by atoms with van der Waals surface area (Å²) < 4.78 is 0. The summed E-state index contributed by atoms with van der Waals surface area (Å²) in [7, 11) is 1.93. The van der Waals surface area contributed by atoms with E-state index in [1.165, 1.54) is 11.1 Å². The van der Waals surface area contributed by atoms with E-state index >= 15 is 0 Å². The molecule has 0 aliphatic heterocycles. The second kappa shape index (κ2) is 5.70. The Labute approximate surface area is 125 Å². The van der Waals surface area contributed by atoms with Crippen LogP contribution in [-0.2, 0) is 11.2 Å². The number of amides is 1. The van der Waals surface area contributed by atoms with Gasteiger partial charge in [0.1, 0.15) is 0 Å². The number of hydrogen-bond donors (Lipinski definition) is 2. The number of anilines is 1. The molecule has 0 heterocycles. The second-order valence-electron chi connectivity index (χ2n) is 5.58. The lowest BCUT2D eigenvalue weighted by Crippen LogP contribution is -2.30. The van der Waals surface area contributed by atoms with Crippen LogP contribution in [0.5, 0.6) is 0 Å². The zero-order valence-electron chi connectivity index (χ0n) is 12.4. The Morgan fingerprint density at radius 3 is 2.76 bits per heavy atom. The van der Waals surface area contributed by atoms with Crippen molar-refractivity contribution in [1.82, 2.24) is 5.32 Å². The monoisotopic (exact) mass is 280 g/mol. The highest BCUT2D eigenvalue weighted by Crippen LogP contribution is 2.35. The summed E-state index contributed by atoms with van der Waals surface area (Å²) in [5.41, 5.74) is 4.48. The third kappa shape index (κ3) is 2.69. The minimum absolute atomic E-state index is 0.00780. The number of carbonyl (C=O) groups excluding carboxylic acids is 1. The summed E-state index contributed by atoms with van der Waals surface area (Å²) in [6.07, 6.45) is 0.842. The normalized spacial score (nSPS) is 17.5. The van der Waals surface area contributed by atoms with Crippen LogP contribution in [-0.4, -0.2) is 13.0 Å². The Bertz CT molecular complexity index is 666. The molecule has 2 unspecified atom stereocenters. The molecule has 0 saturated carbocycles. The Hall–Kier alpha value is -2.13. The van der Waals surface area contributed by atoms with Gasteiger partial charge in [-0.3, -0.25) is 4.79 Å². The average molecular weight is 280 g/mol. The van der Waals surface area contributed by atoms with Crippen molar-refractivity contribution in [3.05, 3.63) is 65.2 Å². The van der Waals surface area contributed by atoms with Gasteiger partial charge >= 0.3 is 0 Å². The summed E-state index contributed by atoms with van der Waals surface area (Å²) in [4.78, 5) is 12.4. The van der Waals surface area contributed by atoms with Gasteiger partial charge in [0.2, 0.25) is 5.91 Å². The fourth-order valence-corrected chi connectivity index (χ4v) is 2.77. The van der Waals surface area contributed by atoms with Crippen LogP contribution < -0.4 is 10.6 Å². The van der Waals surface area contributed by atoms with Crippen LogP contribution in [0, 0.1) is 0 Å². The summed E-state index contributed by atoms with van der Waals surface area (Å²) in [6, 6.07) is 16.4. The second-order valence-corrected chi connectivity index (χ2v) is 5.58. The van der Waals surface area contributed by atoms with Gasteiger partial charge < -0.3 is 10.6 Å². The van der Waals surface area contributed by atoms with Crippen LogP contribution in [0.25, 0.3) is 0 Å². The molecule has 21 heavy (non-hydrogen) atoms. The lowest BCUT2D eigenvalue weighted by molar-refractivity contribution is -0.118. The van der Waals surface area contributed by atoms with Crippen LogP contribution in [0.2, 0.25) is 0 Å². The molecule has 1 amide bonds. The van der Waals surface area contributed by atoms with E-state index in [0.717, 1.165) is 17.7 Å². The smallest absolute Gasteiger partial charge is 0.232 e. The summed E-state index contributed by atoms with van der Waals surface area (Å²) in [6.45, 7) is 2.10. The zero-order chi connectivity index (χ0) is 14.8. The van der Waals surface area contributed by atoms with Gasteiger partial charge in [-0.1, -0.05) is 36.4 Å². The van der Waals surface area contributed by atoms with Crippen LogP contribution in [0.3, 0.4) is 0 Å². The molecule has 0 saturated heterocycles. The molecule has 2 atom stereocenters. The van der Waals surface area contributed by atoms with Crippen molar-refractivity contribution in [2.24, 2.45) is 0 Å². The SMILES string of the molecule is CNC(C)c1cccc(NC(=O)C2Cc3ccccc32)c1. The summed E-state index contributed by atoms with van der Waals surface area (Å²) >= 11 is 0. The fraction of sp³-hybridized carbons (Fsp3) is 0.278. The molecule has 0 fully saturated rings. The van der Waals surface area contributed by atoms with Gasteiger partial charge in [0, 0.05) is 11.7 Å². The van der Waals surface area contributed by atoms with Crippen molar-refractivity contribution in [3.63, 3.8) is 0 Å². The Balaban J connectivity index is 1.72. The number of hydrogen-bond acceptors (Lipinski definition) is 2. The van der Waals surface area contributed by atoms with E-state index in [-0.39, 0.29) is 17.9 Å². The maximum Gasteiger partial charge on any atom is 0.232 e. The van der Waals surface area contributed by atoms with Crippen LogP contribution >= 0.6 is 0 Å². The molecule has 1 aliphatic rings. The Morgan fingerprint density at radius 2 is 2.00 bits per heavy atom. The maximum absolute atomic E-state index is 12.4. The minimum Gasteiger partial charge on any atom is -0.326 e. The molecule has 108 valence electrons. The highest BCUT2D eigenvalue weighted by atomic mass is 16.1. The first kappa shape index (κ1) is 13.8. The quantitative estimate of drug-likeness (QED) is 0.902. The van der Waals surface area contributed by atoms with Gasteiger partial charge in [0.25, 0.3) is 0 Å². The number of benzene rings is 2. The van der Waals surface area contributed by atoms with Gasteiger partial charge in [-0.25, -0.2) is 0 Å². The molecular weight excluding hydrogens is 260 g/mol. The predicted molar refractivity (Wildman–Crippen MR) is 85.4 cm³/mol. The highest BCUT2D eigenvalue weighted by Gasteiger charge is 2.31. The third-order valence-electron chi connectivity index (χ3n) is 4.26. The van der Waals surface area contributed by atoms with E-state index in [4.69, 9.17) is 0 Å². The first-order valence-electron chi connectivity index (χ1n) is 7.35.